The number of hydrogen-bond donors (Lipinski definition) is 3. The number of amides is 1. The maximum Gasteiger partial charge on any atom is 0.328 e. The Morgan fingerprint density at radius 2 is 2.07 bits per heavy atom. The third-order valence-corrected chi connectivity index (χ3v) is 2.63. The number of aliphatic hydroxyl groups is 1. The van der Waals surface area contributed by atoms with Crippen LogP contribution in [0.25, 0.3) is 0 Å². The fourth-order valence-electron chi connectivity index (χ4n) is 1.37. The number of carboxylic acids is 1. The molecule has 14 heavy (non-hydrogen) atoms. The van der Waals surface area contributed by atoms with Crippen molar-refractivity contribution in [2.75, 3.05) is 6.61 Å². The van der Waals surface area contributed by atoms with Gasteiger partial charge < -0.3 is 15.5 Å². The Morgan fingerprint density at radius 1 is 1.57 bits per heavy atom. The third-order valence-electron chi connectivity index (χ3n) is 2.63. The van der Waals surface area contributed by atoms with Crippen LogP contribution in [0, 0.1) is 11.3 Å². The zero-order valence-electron chi connectivity index (χ0n) is 8.28. The summed E-state index contributed by atoms with van der Waals surface area (Å²) in [7, 11) is 0. The van der Waals surface area contributed by atoms with Crippen molar-refractivity contribution in [1.82, 2.24) is 5.32 Å². The molecule has 1 saturated carbocycles. The molecule has 1 aliphatic carbocycles. The van der Waals surface area contributed by atoms with Gasteiger partial charge in [0.25, 0.3) is 0 Å². The molecule has 1 rings (SSSR count). The summed E-state index contributed by atoms with van der Waals surface area (Å²) in [5, 5.41) is 19.6. The third kappa shape index (κ3) is 2.23. The summed E-state index contributed by atoms with van der Waals surface area (Å²) in [6.45, 7) is 3.33. The Balaban J connectivity index is 2.45. The van der Waals surface area contributed by atoms with E-state index in [9.17, 15) is 9.59 Å². The van der Waals surface area contributed by atoms with Crippen molar-refractivity contribution in [2.45, 2.75) is 26.3 Å². The van der Waals surface area contributed by atoms with E-state index in [1.54, 1.807) is 0 Å². The minimum absolute atomic E-state index is 0.0252. The van der Waals surface area contributed by atoms with Crippen molar-refractivity contribution in [3.8, 4) is 0 Å². The molecular weight excluding hydrogens is 186 g/mol. The van der Waals surface area contributed by atoms with Crippen LogP contribution in [0.4, 0.5) is 0 Å². The van der Waals surface area contributed by atoms with Crippen molar-refractivity contribution in [3.63, 3.8) is 0 Å². The van der Waals surface area contributed by atoms with Crippen molar-refractivity contribution in [2.24, 2.45) is 11.3 Å². The van der Waals surface area contributed by atoms with Crippen LogP contribution in [0.15, 0.2) is 0 Å². The van der Waals surface area contributed by atoms with Gasteiger partial charge in [-0.3, -0.25) is 4.79 Å². The summed E-state index contributed by atoms with van der Waals surface area (Å²) in [4.78, 5) is 21.9. The van der Waals surface area contributed by atoms with Gasteiger partial charge >= 0.3 is 5.97 Å². The molecule has 1 fully saturated rings. The van der Waals surface area contributed by atoms with E-state index in [-0.39, 0.29) is 17.2 Å². The molecule has 3 N–H and O–H groups in total. The van der Waals surface area contributed by atoms with Crippen molar-refractivity contribution < 1.29 is 19.8 Å². The van der Waals surface area contributed by atoms with E-state index in [2.05, 4.69) is 5.32 Å². The highest BCUT2D eigenvalue weighted by Gasteiger charge is 2.51. The van der Waals surface area contributed by atoms with E-state index in [4.69, 9.17) is 10.2 Å². The molecule has 5 nitrogen and oxygen atoms in total. The molecule has 5 heteroatoms. The number of aliphatic carboxylic acids is 1. The molecule has 0 radical (unpaired) electrons. The summed E-state index contributed by atoms with van der Waals surface area (Å²) in [6.07, 6.45) is 0.774. The van der Waals surface area contributed by atoms with Crippen molar-refractivity contribution >= 4 is 11.9 Å². The maximum absolute atomic E-state index is 11.4. The van der Waals surface area contributed by atoms with E-state index >= 15 is 0 Å². The summed E-state index contributed by atoms with van der Waals surface area (Å²) in [5.41, 5.74) is -0.0252. The lowest BCUT2D eigenvalue weighted by molar-refractivity contribution is -0.143. The standard InChI is InChI=1S/C9H15NO4/c1-9(2)3-5(9)7(12)10-6(4-11)8(13)14/h5-6,11H,3-4H2,1-2H3,(H,10,12)(H,13,14). The van der Waals surface area contributed by atoms with Crippen LogP contribution in [0.5, 0.6) is 0 Å². The number of nitrogens with one attached hydrogen (secondary N) is 1. The fraction of sp³-hybridized carbons (Fsp3) is 0.778. The fourth-order valence-corrected chi connectivity index (χ4v) is 1.37. The van der Waals surface area contributed by atoms with E-state index in [1.165, 1.54) is 0 Å². The van der Waals surface area contributed by atoms with Gasteiger partial charge in [-0.05, 0) is 11.8 Å². The molecular formula is C9H15NO4. The average Bonchev–Trinajstić information content (AvgIpc) is 2.70. The van der Waals surface area contributed by atoms with Crippen molar-refractivity contribution in [1.29, 1.82) is 0 Å². The smallest absolute Gasteiger partial charge is 0.328 e. The van der Waals surface area contributed by atoms with Crippen LogP contribution in [0.1, 0.15) is 20.3 Å². The SMILES string of the molecule is CC1(C)CC1C(=O)NC(CO)C(=O)O. The molecule has 0 aliphatic heterocycles. The molecule has 1 aliphatic rings. The van der Waals surface area contributed by atoms with Crippen LogP contribution in [0.3, 0.4) is 0 Å². The number of carbonyl (C=O) groups excluding carboxylic acids is 1. The molecule has 1 amide bonds. The van der Waals surface area contributed by atoms with Crippen molar-refractivity contribution in [3.05, 3.63) is 0 Å². The first-order chi connectivity index (χ1) is 6.38. The summed E-state index contributed by atoms with van der Waals surface area (Å²) in [5.74, 6) is -1.60. The minimum Gasteiger partial charge on any atom is -0.480 e. The van der Waals surface area contributed by atoms with E-state index < -0.39 is 18.6 Å². The Morgan fingerprint density at radius 3 is 2.36 bits per heavy atom. The molecule has 0 aromatic heterocycles. The molecule has 2 unspecified atom stereocenters. The van der Waals surface area contributed by atoms with E-state index in [0.29, 0.717) is 0 Å². The van der Waals surface area contributed by atoms with Crippen LogP contribution >= 0.6 is 0 Å². The Hall–Kier alpha value is -1.10. The molecule has 80 valence electrons. The van der Waals surface area contributed by atoms with E-state index in [0.717, 1.165) is 6.42 Å². The topological polar surface area (TPSA) is 86.6 Å². The number of hydrogen-bond acceptors (Lipinski definition) is 3. The van der Waals surface area contributed by atoms with Crippen LogP contribution in [-0.4, -0.2) is 34.7 Å². The lowest BCUT2D eigenvalue weighted by Gasteiger charge is -2.12. The van der Waals surface area contributed by atoms with Gasteiger partial charge in [-0.15, -0.1) is 0 Å². The zero-order valence-corrected chi connectivity index (χ0v) is 8.28. The lowest BCUT2D eigenvalue weighted by Crippen LogP contribution is -2.44. The quantitative estimate of drug-likeness (QED) is 0.577. The summed E-state index contributed by atoms with van der Waals surface area (Å²) >= 11 is 0. The number of rotatable bonds is 4. The second-order valence-corrected chi connectivity index (χ2v) is 4.33. The van der Waals surface area contributed by atoms with Gasteiger partial charge in [-0.2, -0.15) is 0 Å². The second-order valence-electron chi connectivity index (χ2n) is 4.33. The lowest BCUT2D eigenvalue weighted by atomic mass is 10.1. The predicted octanol–water partition coefficient (Wildman–Crippen LogP) is -0.406. The molecule has 0 aromatic carbocycles. The molecule has 0 aromatic rings. The first kappa shape index (κ1) is 11.0. The van der Waals surface area contributed by atoms with Gasteiger partial charge in [0.15, 0.2) is 0 Å². The first-order valence-corrected chi connectivity index (χ1v) is 4.52. The van der Waals surface area contributed by atoms with Gasteiger partial charge in [0.1, 0.15) is 6.04 Å². The van der Waals surface area contributed by atoms with Crippen LogP contribution < -0.4 is 5.32 Å². The van der Waals surface area contributed by atoms with Crippen LogP contribution in [0.2, 0.25) is 0 Å². The van der Waals surface area contributed by atoms with Gasteiger partial charge in [0.05, 0.1) is 6.61 Å². The second kappa shape index (κ2) is 3.57. The number of carbonyl (C=O) groups is 2. The number of aliphatic hydroxyl groups excluding tert-OH is 1. The largest absolute Gasteiger partial charge is 0.480 e. The van der Waals surface area contributed by atoms with Crippen LogP contribution in [-0.2, 0) is 9.59 Å². The molecule has 0 heterocycles. The summed E-state index contributed by atoms with van der Waals surface area (Å²) in [6, 6.07) is -1.18. The normalized spacial score (nSPS) is 25.2. The number of carboxylic acid groups (broad SMARTS) is 1. The molecule has 2 atom stereocenters. The highest BCUT2D eigenvalue weighted by atomic mass is 16.4. The first-order valence-electron chi connectivity index (χ1n) is 4.52. The Kier molecular flexibility index (Phi) is 2.80. The van der Waals surface area contributed by atoms with Gasteiger partial charge in [-0.25, -0.2) is 4.79 Å². The zero-order chi connectivity index (χ0) is 10.9. The minimum atomic E-state index is -1.21. The van der Waals surface area contributed by atoms with Gasteiger partial charge in [0.2, 0.25) is 5.91 Å². The highest BCUT2D eigenvalue weighted by Crippen LogP contribution is 2.51. The predicted molar refractivity (Wildman–Crippen MR) is 48.5 cm³/mol. The summed E-state index contributed by atoms with van der Waals surface area (Å²) < 4.78 is 0. The van der Waals surface area contributed by atoms with Gasteiger partial charge in [-0.1, -0.05) is 13.8 Å². The Labute approximate surface area is 82.1 Å². The maximum atomic E-state index is 11.4. The molecule has 0 bridgehead atoms. The molecule has 0 spiro atoms. The Bertz CT molecular complexity index is 262. The average molecular weight is 201 g/mol. The van der Waals surface area contributed by atoms with E-state index in [1.807, 2.05) is 13.8 Å². The highest BCUT2D eigenvalue weighted by molar-refractivity contribution is 5.87. The molecule has 0 saturated heterocycles. The van der Waals surface area contributed by atoms with Gasteiger partial charge in [0, 0.05) is 5.92 Å². The monoisotopic (exact) mass is 201 g/mol.